The highest BCUT2D eigenvalue weighted by Crippen LogP contribution is 2.37. The maximum absolute atomic E-state index is 13.7. The van der Waals surface area contributed by atoms with E-state index in [0.29, 0.717) is 66.0 Å². The van der Waals surface area contributed by atoms with Gasteiger partial charge in [-0.25, -0.2) is 0 Å². The molecule has 9 rings (SSSR count). The second-order valence-electron chi connectivity index (χ2n) is 18.4. The van der Waals surface area contributed by atoms with Crippen LogP contribution in [0.2, 0.25) is 0 Å². The lowest BCUT2D eigenvalue weighted by molar-refractivity contribution is -0.142. The number of nitrogens with two attached hydrogens (primary N) is 1. The van der Waals surface area contributed by atoms with Gasteiger partial charge in [0.15, 0.2) is 0 Å². The zero-order chi connectivity index (χ0) is 45.4. The van der Waals surface area contributed by atoms with Gasteiger partial charge in [-0.15, -0.1) is 0 Å². The van der Waals surface area contributed by atoms with E-state index in [4.69, 9.17) is 15.9 Å². The first kappa shape index (κ1) is 43.7. The van der Waals surface area contributed by atoms with E-state index in [1.54, 1.807) is 36.4 Å². The van der Waals surface area contributed by atoms with Gasteiger partial charge < -0.3 is 35.8 Å². The molecule has 1 saturated carbocycles. The smallest absolute Gasteiger partial charge is 0.262 e. The summed E-state index contributed by atoms with van der Waals surface area (Å²) in [4.78, 5) is 84.8. The fourth-order valence-electron chi connectivity index (χ4n) is 10.5. The number of anilines is 1. The second kappa shape index (κ2) is 18.5. The number of nitrogens with one attached hydrogen (secondary N) is 4. The Balaban J connectivity index is 0.711. The van der Waals surface area contributed by atoms with Crippen LogP contribution in [0.25, 0.3) is 0 Å². The molecule has 1 aliphatic carbocycles. The van der Waals surface area contributed by atoms with Gasteiger partial charge in [0.2, 0.25) is 17.7 Å². The van der Waals surface area contributed by atoms with Crippen LogP contribution in [0.5, 0.6) is 11.5 Å². The largest absolute Gasteiger partial charge is 0.457 e. The average molecular weight is 884 g/mol. The lowest BCUT2D eigenvalue weighted by atomic mass is 9.77. The lowest BCUT2D eigenvalue weighted by Crippen LogP contribution is -2.54. The number of rotatable bonds is 12. The van der Waals surface area contributed by atoms with Gasteiger partial charge in [0, 0.05) is 74.9 Å². The molecule has 5 fully saturated rings. The summed E-state index contributed by atoms with van der Waals surface area (Å²) < 4.78 is 5.89. The number of primary amides is 1. The summed E-state index contributed by atoms with van der Waals surface area (Å²) >= 11 is 0. The summed E-state index contributed by atoms with van der Waals surface area (Å²) in [7, 11) is 2.16. The highest BCUT2D eigenvalue weighted by atomic mass is 16.5. The molecule has 0 bridgehead atoms. The SMILES string of the molecule is CN(CC1CCN(c2ccc3c(c2)C(=O)N(C2CCC(=O)NC2=O)C3=O)CC1)C1CC(C(=O)N2CCC([C@@H]3CCN/C(=C(/C(=N)c4ccc(Oc5ccccc5)cc4)C(N)=O)N3)CC2)C1. The Kier molecular flexibility index (Phi) is 12.4. The van der Waals surface area contributed by atoms with Crippen molar-refractivity contribution in [3.8, 4) is 11.5 Å². The van der Waals surface area contributed by atoms with E-state index in [1.165, 1.54) is 0 Å². The van der Waals surface area contributed by atoms with Crippen molar-refractivity contribution in [2.24, 2.45) is 23.5 Å². The molecule has 6 aliphatic rings. The molecule has 3 aromatic rings. The number of benzene rings is 3. The molecule has 16 heteroatoms. The molecular formula is C49H57N9O7. The van der Waals surface area contributed by atoms with Gasteiger partial charge >= 0.3 is 0 Å². The predicted molar refractivity (Wildman–Crippen MR) is 242 cm³/mol. The number of imide groups is 2. The minimum atomic E-state index is -0.984. The number of nitrogens with zero attached hydrogens (tertiary/aromatic N) is 4. The van der Waals surface area contributed by atoms with Crippen molar-refractivity contribution in [3.05, 3.63) is 101 Å². The monoisotopic (exact) mass is 883 g/mol. The summed E-state index contributed by atoms with van der Waals surface area (Å²) in [6.45, 7) is 4.64. The molecule has 6 N–H and O–H groups in total. The molecule has 0 spiro atoms. The Hall–Kier alpha value is -6.55. The molecule has 0 aromatic heterocycles. The van der Waals surface area contributed by atoms with E-state index in [9.17, 15) is 28.8 Å². The number of likely N-dealkylation sites (tertiary alicyclic amines) is 1. The maximum atomic E-state index is 13.7. The molecular weight excluding hydrogens is 827 g/mol. The molecule has 65 heavy (non-hydrogen) atoms. The first-order valence-corrected chi connectivity index (χ1v) is 23.0. The minimum Gasteiger partial charge on any atom is -0.457 e. The number of piperidine rings is 3. The van der Waals surface area contributed by atoms with Crippen molar-refractivity contribution in [3.63, 3.8) is 0 Å². The van der Waals surface area contributed by atoms with Crippen LogP contribution in [0.1, 0.15) is 84.1 Å². The standard InChI is InChI=1S/C49H57N9O7/c1-55(28-29-16-21-56(22-17-29)33-9-12-37-38(27-33)49(64)58(48(37)63)40-13-14-41(59)54-46(40)61)34-25-32(26-34)47(62)57-23-18-30(19-24-57)39-15-20-52-45(53-39)42(44(51)60)43(50)31-7-10-36(11-8-31)65-35-5-3-2-4-6-35/h2-12,27,29-30,32,34,39-40,50,52-53H,13-26,28H2,1H3,(H2,51,60)(H,54,59,61)/b45-42+,50-43?/t32?,34?,39-,40?/m0/s1. The van der Waals surface area contributed by atoms with Gasteiger partial charge in [0.05, 0.1) is 16.8 Å². The van der Waals surface area contributed by atoms with Gasteiger partial charge in [-0.2, -0.15) is 0 Å². The average Bonchev–Trinajstić information content (AvgIpc) is 3.54. The third-order valence-corrected chi connectivity index (χ3v) is 14.4. The first-order chi connectivity index (χ1) is 31.4. The number of hydrogen-bond acceptors (Lipinski definition) is 12. The summed E-state index contributed by atoms with van der Waals surface area (Å²) in [6, 6.07) is 21.3. The maximum Gasteiger partial charge on any atom is 0.262 e. The Morgan fingerprint density at radius 3 is 2.22 bits per heavy atom. The highest BCUT2D eigenvalue weighted by Gasteiger charge is 2.45. The van der Waals surface area contributed by atoms with Crippen molar-refractivity contribution < 1.29 is 33.5 Å². The van der Waals surface area contributed by atoms with Crippen LogP contribution in [0.15, 0.2) is 84.2 Å². The molecule has 1 unspecified atom stereocenters. The van der Waals surface area contributed by atoms with Crippen LogP contribution < -0.4 is 31.3 Å². The fraction of sp³-hybridized carbons (Fsp3) is 0.449. The third kappa shape index (κ3) is 9.08. The lowest BCUT2D eigenvalue weighted by Gasteiger charge is -2.45. The third-order valence-electron chi connectivity index (χ3n) is 14.4. The predicted octanol–water partition coefficient (Wildman–Crippen LogP) is 3.76. The van der Waals surface area contributed by atoms with E-state index in [0.717, 1.165) is 75.2 Å². The minimum absolute atomic E-state index is 0.0319. The van der Waals surface area contributed by atoms with Crippen LogP contribution in [0.4, 0.5) is 5.69 Å². The molecule has 5 aliphatic heterocycles. The molecule has 3 aromatic carbocycles. The van der Waals surface area contributed by atoms with Crippen LogP contribution in [0.3, 0.4) is 0 Å². The number of carbonyl (C=O) groups is 6. The van der Waals surface area contributed by atoms with Crippen molar-refractivity contribution >= 4 is 46.8 Å². The van der Waals surface area contributed by atoms with Gasteiger partial charge in [-0.05, 0) is 125 Å². The number of amides is 6. The van der Waals surface area contributed by atoms with E-state index in [-0.39, 0.29) is 47.6 Å². The Morgan fingerprint density at radius 1 is 0.831 bits per heavy atom. The number of para-hydroxylation sites is 1. The normalized spacial score (nSPS) is 24.7. The zero-order valence-electron chi connectivity index (χ0n) is 36.7. The number of hydrogen-bond donors (Lipinski definition) is 5. The van der Waals surface area contributed by atoms with Gasteiger partial charge in [-0.3, -0.25) is 44.4 Å². The van der Waals surface area contributed by atoms with Crippen LogP contribution >= 0.6 is 0 Å². The molecule has 6 amide bonds. The summed E-state index contributed by atoms with van der Waals surface area (Å²) in [5.74, 6) is 0.219. The molecule has 4 saturated heterocycles. The summed E-state index contributed by atoms with van der Waals surface area (Å²) in [5.41, 5.74) is 8.04. The van der Waals surface area contributed by atoms with Gasteiger partial charge in [0.25, 0.3) is 17.7 Å². The summed E-state index contributed by atoms with van der Waals surface area (Å²) in [6.07, 6.45) is 6.47. The van der Waals surface area contributed by atoms with Crippen molar-refractivity contribution in [1.29, 1.82) is 5.41 Å². The van der Waals surface area contributed by atoms with Crippen LogP contribution in [-0.4, -0.2) is 120 Å². The summed E-state index contributed by atoms with van der Waals surface area (Å²) in [5, 5.41) is 18.0. The second-order valence-corrected chi connectivity index (χ2v) is 18.4. The first-order valence-electron chi connectivity index (χ1n) is 23.0. The topological polar surface area (TPSA) is 211 Å². The zero-order valence-corrected chi connectivity index (χ0v) is 36.7. The quantitative estimate of drug-likeness (QED) is 0.101. The van der Waals surface area contributed by atoms with Crippen molar-refractivity contribution in [2.45, 2.75) is 75.9 Å². The van der Waals surface area contributed by atoms with Gasteiger partial charge in [-0.1, -0.05) is 18.2 Å². The number of carbonyl (C=O) groups excluding carboxylic acids is 6. The molecule has 0 radical (unpaired) electrons. The van der Waals surface area contributed by atoms with Gasteiger partial charge in [0.1, 0.15) is 28.9 Å². The molecule has 5 heterocycles. The molecule has 340 valence electrons. The Bertz CT molecular complexity index is 2400. The number of fused-ring (bicyclic) bond motifs is 1. The molecule has 2 atom stereocenters. The molecule has 16 nitrogen and oxygen atoms in total. The highest BCUT2D eigenvalue weighted by molar-refractivity contribution is 6.27. The van der Waals surface area contributed by atoms with E-state index in [1.807, 2.05) is 41.3 Å². The van der Waals surface area contributed by atoms with Crippen LogP contribution in [-0.2, 0) is 19.2 Å². The van der Waals surface area contributed by atoms with E-state index < -0.39 is 35.6 Å². The van der Waals surface area contributed by atoms with Crippen molar-refractivity contribution in [1.82, 2.24) is 30.7 Å². The van der Waals surface area contributed by atoms with Crippen molar-refractivity contribution in [2.75, 3.05) is 51.2 Å². The number of ether oxygens (including phenoxy) is 1. The fourth-order valence-corrected chi connectivity index (χ4v) is 10.5. The van der Waals surface area contributed by atoms with E-state index in [2.05, 4.69) is 32.8 Å². The Morgan fingerprint density at radius 2 is 1.52 bits per heavy atom. The van der Waals surface area contributed by atoms with Crippen LogP contribution in [0, 0.1) is 23.2 Å². The Labute approximate surface area is 378 Å². The van der Waals surface area contributed by atoms with E-state index >= 15 is 0 Å².